The summed E-state index contributed by atoms with van der Waals surface area (Å²) in [4.78, 5) is 39.0. The van der Waals surface area contributed by atoms with Crippen LogP contribution in [0.3, 0.4) is 0 Å². The van der Waals surface area contributed by atoms with Gasteiger partial charge in [-0.3, -0.25) is 9.36 Å². The smallest absolute Gasteiger partial charge is 0.357 e. The minimum atomic E-state index is -1.17. The second-order valence-electron chi connectivity index (χ2n) is 4.28. The van der Waals surface area contributed by atoms with Crippen molar-refractivity contribution in [1.82, 2.24) is 14.1 Å². The Hall–Kier alpha value is -2.94. The Morgan fingerprint density at radius 1 is 1.39 bits per heavy atom. The molecule has 0 amide bonds. The molecule has 0 saturated carbocycles. The summed E-state index contributed by atoms with van der Waals surface area (Å²) < 4.78 is 6.81. The number of carboxylic acids is 1. The molecule has 120 valence electrons. The Kier molecular flexibility index (Phi) is 4.60. The number of aliphatic carboxylic acids is 1. The van der Waals surface area contributed by atoms with Crippen LogP contribution in [0.2, 0.25) is 0 Å². The molecule has 0 unspecified atom stereocenters. The minimum Gasteiger partial charge on any atom is -0.480 e. The largest absolute Gasteiger partial charge is 0.480 e. The van der Waals surface area contributed by atoms with Crippen LogP contribution in [0.15, 0.2) is 23.3 Å². The van der Waals surface area contributed by atoms with E-state index in [9.17, 15) is 14.4 Å². The molecule has 0 radical (unpaired) electrons. The molecular weight excluding hydrogens is 322 g/mol. The first-order valence-electron chi connectivity index (χ1n) is 6.31. The second kappa shape index (κ2) is 6.44. The van der Waals surface area contributed by atoms with Crippen molar-refractivity contribution >= 4 is 35.4 Å². The summed E-state index contributed by atoms with van der Waals surface area (Å²) in [6.45, 7) is 6.71. The fraction of sp³-hybridized carbons (Fsp3) is 0.143. The Bertz CT molecular complexity index is 858. The van der Waals surface area contributed by atoms with Gasteiger partial charge in [0.15, 0.2) is 10.8 Å². The summed E-state index contributed by atoms with van der Waals surface area (Å²) in [5, 5.41) is 10.6. The Balaban J connectivity index is 2.69. The first kappa shape index (κ1) is 16.4. The minimum absolute atomic E-state index is 0.0561. The van der Waals surface area contributed by atoms with E-state index in [0.29, 0.717) is 11.4 Å². The van der Waals surface area contributed by atoms with Gasteiger partial charge < -0.3 is 9.84 Å². The molecule has 0 spiro atoms. The Morgan fingerprint density at radius 2 is 2.04 bits per heavy atom. The topological polar surface area (TPSA) is 103 Å². The van der Waals surface area contributed by atoms with E-state index in [0.717, 1.165) is 15.9 Å². The third-order valence-electron chi connectivity index (χ3n) is 2.97. The number of carbonyl (C=O) groups is 2. The molecule has 2 aromatic heterocycles. The van der Waals surface area contributed by atoms with Gasteiger partial charge in [0, 0.05) is 5.38 Å². The lowest BCUT2D eigenvalue weighted by molar-refractivity contribution is -0.137. The van der Waals surface area contributed by atoms with Gasteiger partial charge in [0.2, 0.25) is 0 Å². The molecule has 0 fully saturated rings. The first-order chi connectivity index (χ1) is 10.9. The molecular formula is C14H13N3O5S. The molecule has 23 heavy (non-hydrogen) atoms. The molecule has 0 aliphatic carbocycles. The summed E-state index contributed by atoms with van der Waals surface area (Å²) in [7, 11) is 1.22. The lowest BCUT2D eigenvalue weighted by Gasteiger charge is -2.00. The first-order valence-corrected chi connectivity index (χ1v) is 7.19. The number of aromatic nitrogens is 3. The van der Waals surface area contributed by atoms with Gasteiger partial charge in [-0.05, 0) is 12.2 Å². The van der Waals surface area contributed by atoms with Crippen LogP contribution in [0.1, 0.15) is 21.9 Å². The van der Waals surface area contributed by atoms with E-state index in [1.165, 1.54) is 29.2 Å². The highest BCUT2D eigenvalue weighted by molar-refractivity contribution is 7.12. The number of ether oxygens (including phenoxy) is 1. The van der Waals surface area contributed by atoms with Gasteiger partial charge in [0.1, 0.15) is 6.54 Å². The van der Waals surface area contributed by atoms with E-state index >= 15 is 0 Å². The zero-order chi connectivity index (χ0) is 17.1. The van der Waals surface area contributed by atoms with Crippen LogP contribution in [-0.4, -0.2) is 38.3 Å². The SMILES string of the molecule is C=Cc1c(C=C)n(-c2nc(C(=O)OC)cs2)c(=O)n1CC(=O)O. The highest BCUT2D eigenvalue weighted by Gasteiger charge is 2.21. The molecule has 0 atom stereocenters. The van der Waals surface area contributed by atoms with Crippen LogP contribution in [-0.2, 0) is 16.1 Å². The molecule has 0 bridgehead atoms. The van der Waals surface area contributed by atoms with Crippen LogP contribution in [0.5, 0.6) is 0 Å². The molecule has 1 N–H and O–H groups in total. The second-order valence-corrected chi connectivity index (χ2v) is 5.12. The van der Waals surface area contributed by atoms with Crippen molar-refractivity contribution in [3.63, 3.8) is 0 Å². The molecule has 2 aromatic rings. The maximum Gasteiger partial charge on any atom is 0.357 e. The fourth-order valence-electron chi connectivity index (χ4n) is 2.03. The van der Waals surface area contributed by atoms with Crippen molar-refractivity contribution in [3.05, 3.63) is 46.1 Å². The van der Waals surface area contributed by atoms with Crippen molar-refractivity contribution < 1.29 is 19.4 Å². The maximum atomic E-state index is 12.5. The van der Waals surface area contributed by atoms with Crippen LogP contribution >= 0.6 is 11.3 Å². The van der Waals surface area contributed by atoms with Crippen molar-refractivity contribution in [2.75, 3.05) is 7.11 Å². The Morgan fingerprint density at radius 3 is 2.57 bits per heavy atom. The van der Waals surface area contributed by atoms with Gasteiger partial charge >= 0.3 is 17.6 Å². The van der Waals surface area contributed by atoms with Gasteiger partial charge in [-0.25, -0.2) is 19.1 Å². The number of thiazole rings is 1. The molecule has 9 heteroatoms. The molecule has 0 saturated heterocycles. The van der Waals surface area contributed by atoms with Gasteiger partial charge in [-0.15, -0.1) is 11.3 Å². The number of carboxylic acid groups (broad SMARTS) is 1. The number of rotatable bonds is 6. The van der Waals surface area contributed by atoms with Crippen LogP contribution in [0.4, 0.5) is 0 Å². The normalized spacial score (nSPS) is 10.3. The van der Waals surface area contributed by atoms with Crippen molar-refractivity contribution in [2.45, 2.75) is 6.54 Å². The number of methoxy groups -OCH3 is 1. The fourth-order valence-corrected chi connectivity index (χ4v) is 2.83. The third-order valence-corrected chi connectivity index (χ3v) is 3.80. The van der Waals surface area contributed by atoms with Gasteiger partial charge in [0.05, 0.1) is 18.5 Å². The Labute approximate surface area is 134 Å². The molecule has 2 heterocycles. The summed E-state index contributed by atoms with van der Waals surface area (Å²) in [6, 6.07) is 0. The van der Waals surface area contributed by atoms with E-state index in [2.05, 4.69) is 22.9 Å². The van der Waals surface area contributed by atoms with E-state index in [1.54, 1.807) is 0 Å². The number of nitrogens with zero attached hydrogens (tertiary/aromatic N) is 3. The van der Waals surface area contributed by atoms with Crippen LogP contribution in [0, 0.1) is 0 Å². The van der Waals surface area contributed by atoms with Gasteiger partial charge in [-0.2, -0.15) is 0 Å². The monoisotopic (exact) mass is 335 g/mol. The third kappa shape index (κ3) is 2.86. The number of hydrogen-bond donors (Lipinski definition) is 1. The molecule has 2 rings (SSSR count). The summed E-state index contributed by atoms with van der Waals surface area (Å²) in [6.07, 6.45) is 2.77. The molecule has 0 aliphatic rings. The van der Waals surface area contributed by atoms with Crippen LogP contribution < -0.4 is 5.69 Å². The highest BCUT2D eigenvalue weighted by Crippen LogP contribution is 2.20. The zero-order valence-electron chi connectivity index (χ0n) is 12.2. The quantitative estimate of drug-likeness (QED) is 0.797. The lowest BCUT2D eigenvalue weighted by atomic mass is 10.3. The zero-order valence-corrected chi connectivity index (χ0v) is 13.0. The van der Waals surface area contributed by atoms with Crippen molar-refractivity contribution in [1.29, 1.82) is 0 Å². The summed E-state index contributed by atoms with van der Waals surface area (Å²) in [5.41, 5.74) is 0.0998. The number of esters is 1. The van der Waals surface area contributed by atoms with E-state index in [1.807, 2.05) is 0 Å². The van der Waals surface area contributed by atoms with Gasteiger partial charge in [-0.1, -0.05) is 13.2 Å². The predicted molar refractivity (Wildman–Crippen MR) is 84.9 cm³/mol. The average molecular weight is 335 g/mol. The van der Waals surface area contributed by atoms with E-state index < -0.39 is 24.2 Å². The molecule has 0 aromatic carbocycles. The standard InChI is InChI=1S/C14H13N3O5S/c1-4-9-10(5-2)17(14(21)16(9)6-11(18)19)13-15-8(7-23-13)12(20)22-3/h4-5,7H,1-2,6H2,3H3,(H,18,19). The number of hydrogen-bond acceptors (Lipinski definition) is 6. The lowest BCUT2D eigenvalue weighted by Crippen LogP contribution is -2.27. The molecule has 0 aliphatic heterocycles. The summed E-state index contributed by atoms with van der Waals surface area (Å²) >= 11 is 1.05. The number of imidazole rings is 1. The predicted octanol–water partition coefficient (Wildman–Crippen LogP) is 1.25. The van der Waals surface area contributed by atoms with Gasteiger partial charge in [0.25, 0.3) is 0 Å². The molecule has 8 nitrogen and oxygen atoms in total. The summed E-state index contributed by atoms with van der Waals surface area (Å²) in [5.74, 6) is -1.80. The average Bonchev–Trinajstić information content (AvgIpc) is 3.09. The van der Waals surface area contributed by atoms with E-state index in [4.69, 9.17) is 5.11 Å². The van der Waals surface area contributed by atoms with Crippen LogP contribution in [0.25, 0.3) is 17.3 Å². The van der Waals surface area contributed by atoms with Crippen molar-refractivity contribution in [2.24, 2.45) is 0 Å². The maximum absolute atomic E-state index is 12.5. The highest BCUT2D eigenvalue weighted by atomic mass is 32.1. The van der Waals surface area contributed by atoms with E-state index in [-0.39, 0.29) is 10.8 Å². The van der Waals surface area contributed by atoms with Crippen molar-refractivity contribution in [3.8, 4) is 5.13 Å². The number of carbonyl (C=O) groups excluding carboxylic acids is 1.